The first-order valence-corrected chi connectivity index (χ1v) is 7.32. The first-order valence-electron chi connectivity index (χ1n) is 6.44. The Bertz CT molecular complexity index is 608. The molecule has 0 fully saturated rings. The lowest BCUT2D eigenvalue weighted by atomic mass is 10.2. The van der Waals surface area contributed by atoms with Crippen LogP contribution in [0.25, 0.3) is 0 Å². The van der Waals surface area contributed by atoms with Gasteiger partial charge in [0.15, 0.2) is 0 Å². The Balaban J connectivity index is 1.73. The van der Waals surface area contributed by atoms with Crippen LogP contribution in [0.4, 0.5) is 0 Å². The number of carbonyl (C=O) groups excluding carboxylic acids is 1. The molecule has 1 amide bonds. The van der Waals surface area contributed by atoms with Crippen LogP contribution in [0.3, 0.4) is 0 Å². The van der Waals surface area contributed by atoms with Gasteiger partial charge in [0.1, 0.15) is 0 Å². The molecule has 1 aliphatic heterocycles. The standard InChI is InChI=1S/C14H15N3OS/c1-2-4-13-16-10(9-19-13)7-17-8-12-11(14(17)18)5-3-6-15-12/h3,5-6,9H,2,4,7-8H2,1H3. The van der Waals surface area contributed by atoms with Crippen LogP contribution < -0.4 is 0 Å². The van der Waals surface area contributed by atoms with E-state index in [1.54, 1.807) is 17.5 Å². The summed E-state index contributed by atoms with van der Waals surface area (Å²) in [7, 11) is 0. The molecular weight excluding hydrogens is 258 g/mol. The number of carbonyl (C=O) groups is 1. The Labute approximate surface area is 116 Å². The summed E-state index contributed by atoms with van der Waals surface area (Å²) in [6, 6.07) is 3.65. The summed E-state index contributed by atoms with van der Waals surface area (Å²) in [5.41, 5.74) is 2.58. The molecule has 0 N–H and O–H groups in total. The molecule has 3 rings (SSSR count). The van der Waals surface area contributed by atoms with Crippen molar-refractivity contribution in [2.75, 3.05) is 0 Å². The van der Waals surface area contributed by atoms with Gasteiger partial charge in [0.2, 0.25) is 0 Å². The van der Waals surface area contributed by atoms with Crippen molar-refractivity contribution in [1.82, 2.24) is 14.9 Å². The van der Waals surface area contributed by atoms with E-state index in [9.17, 15) is 4.79 Å². The predicted molar refractivity (Wildman–Crippen MR) is 73.9 cm³/mol. The zero-order valence-corrected chi connectivity index (χ0v) is 11.6. The Morgan fingerprint density at radius 2 is 2.37 bits per heavy atom. The van der Waals surface area contributed by atoms with Gasteiger partial charge in [-0.2, -0.15) is 0 Å². The van der Waals surface area contributed by atoms with E-state index in [1.165, 1.54) is 0 Å². The van der Waals surface area contributed by atoms with Crippen LogP contribution in [0.15, 0.2) is 23.7 Å². The molecule has 0 saturated heterocycles. The maximum Gasteiger partial charge on any atom is 0.256 e. The number of thiazole rings is 1. The van der Waals surface area contributed by atoms with Crippen molar-refractivity contribution in [3.63, 3.8) is 0 Å². The summed E-state index contributed by atoms with van der Waals surface area (Å²) in [5, 5.41) is 3.20. The van der Waals surface area contributed by atoms with E-state index in [0.717, 1.165) is 34.8 Å². The molecule has 0 bridgehead atoms. The summed E-state index contributed by atoms with van der Waals surface area (Å²) in [4.78, 5) is 22.8. The number of amides is 1. The van der Waals surface area contributed by atoms with Crippen LogP contribution in [0.5, 0.6) is 0 Å². The molecule has 4 nitrogen and oxygen atoms in total. The third-order valence-corrected chi connectivity index (χ3v) is 4.12. The van der Waals surface area contributed by atoms with Crippen molar-refractivity contribution in [3.05, 3.63) is 45.7 Å². The maximum absolute atomic E-state index is 12.2. The van der Waals surface area contributed by atoms with Crippen molar-refractivity contribution < 1.29 is 4.79 Å². The van der Waals surface area contributed by atoms with E-state index in [2.05, 4.69) is 22.3 Å². The van der Waals surface area contributed by atoms with Gasteiger partial charge in [0.25, 0.3) is 5.91 Å². The molecule has 19 heavy (non-hydrogen) atoms. The normalized spacial score (nSPS) is 13.9. The van der Waals surface area contributed by atoms with Crippen molar-refractivity contribution in [1.29, 1.82) is 0 Å². The second kappa shape index (κ2) is 5.09. The molecule has 0 atom stereocenters. The topological polar surface area (TPSA) is 46.1 Å². The smallest absolute Gasteiger partial charge is 0.256 e. The third-order valence-electron chi connectivity index (χ3n) is 3.16. The SMILES string of the molecule is CCCc1nc(CN2Cc3ncccc3C2=O)cs1. The molecular formula is C14H15N3OS. The second-order valence-corrected chi connectivity index (χ2v) is 5.58. The average molecular weight is 273 g/mol. The van der Waals surface area contributed by atoms with E-state index >= 15 is 0 Å². The number of fused-ring (bicyclic) bond motifs is 1. The lowest BCUT2D eigenvalue weighted by Gasteiger charge is -2.13. The van der Waals surface area contributed by atoms with Crippen molar-refractivity contribution in [2.24, 2.45) is 0 Å². The number of hydrogen-bond acceptors (Lipinski definition) is 4. The van der Waals surface area contributed by atoms with Gasteiger partial charge in [-0.15, -0.1) is 11.3 Å². The summed E-state index contributed by atoms with van der Waals surface area (Å²) in [6.07, 6.45) is 3.85. The first-order chi connectivity index (χ1) is 9.28. The van der Waals surface area contributed by atoms with Crippen LogP contribution in [0, 0.1) is 0 Å². The van der Waals surface area contributed by atoms with Gasteiger partial charge >= 0.3 is 0 Å². The molecule has 0 unspecified atom stereocenters. The lowest BCUT2D eigenvalue weighted by molar-refractivity contribution is 0.0764. The van der Waals surface area contributed by atoms with Crippen molar-refractivity contribution in [3.8, 4) is 0 Å². The predicted octanol–water partition coefficient (Wildman–Crippen LogP) is 2.65. The number of rotatable bonds is 4. The number of nitrogens with zero attached hydrogens (tertiary/aromatic N) is 3. The highest BCUT2D eigenvalue weighted by Gasteiger charge is 2.28. The number of hydrogen-bond donors (Lipinski definition) is 0. The highest BCUT2D eigenvalue weighted by atomic mass is 32.1. The number of pyridine rings is 1. The van der Waals surface area contributed by atoms with E-state index < -0.39 is 0 Å². The Kier molecular flexibility index (Phi) is 3.29. The molecule has 0 spiro atoms. The summed E-state index contributed by atoms with van der Waals surface area (Å²) < 4.78 is 0. The van der Waals surface area contributed by atoms with E-state index in [1.807, 2.05) is 17.0 Å². The third kappa shape index (κ3) is 2.38. The first kappa shape index (κ1) is 12.3. The van der Waals surface area contributed by atoms with Gasteiger partial charge in [0.05, 0.1) is 35.0 Å². The van der Waals surface area contributed by atoms with E-state index in [4.69, 9.17) is 0 Å². The van der Waals surface area contributed by atoms with Gasteiger partial charge in [-0.05, 0) is 25.0 Å². The molecule has 0 radical (unpaired) electrons. The van der Waals surface area contributed by atoms with Crippen molar-refractivity contribution in [2.45, 2.75) is 32.9 Å². The average Bonchev–Trinajstić information content (AvgIpc) is 2.97. The maximum atomic E-state index is 12.2. The van der Waals surface area contributed by atoms with Gasteiger partial charge in [-0.3, -0.25) is 9.78 Å². The minimum absolute atomic E-state index is 0.0631. The number of aryl methyl sites for hydroxylation is 1. The van der Waals surface area contributed by atoms with Crippen LogP contribution >= 0.6 is 11.3 Å². The molecule has 0 aliphatic carbocycles. The molecule has 3 heterocycles. The molecule has 0 saturated carbocycles. The van der Waals surface area contributed by atoms with E-state index in [-0.39, 0.29) is 5.91 Å². The molecule has 2 aromatic heterocycles. The molecule has 2 aromatic rings. The minimum Gasteiger partial charge on any atom is -0.327 e. The van der Waals surface area contributed by atoms with Crippen LogP contribution in [-0.2, 0) is 19.5 Å². The zero-order valence-electron chi connectivity index (χ0n) is 10.8. The largest absolute Gasteiger partial charge is 0.327 e. The van der Waals surface area contributed by atoms with Crippen molar-refractivity contribution >= 4 is 17.2 Å². The van der Waals surface area contributed by atoms with Gasteiger partial charge in [-0.25, -0.2) is 4.98 Å². The Morgan fingerprint density at radius 3 is 3.16 bits per heavy atom. The van der Waals surface area contributed by atoms with E-state index in [0.29, 0.717) is 13.1 Å². The Hall–Kier alpha value is -1.75. The fourth-order valence-corrected chi connectivity index (χ4v) is 3.15. The fourth-order valence-electron chi connectivity index (χ4n) is 2.26. The molecule has 98 valence electrons. The summed E-state index contributed by atoms with van der Waals surface area (Å²) in [5.74, 6) is 0.0631. The van der Waals surface area contributed by atoms with Crippen LogP contribution in [0.2, 0.25) is 0 Å². The fraction of sp³-hybridized carbons (Fsp3) is 0.357. The van der Waals surface area contributed by atoms with Gasteiger partial charge < -0.3 is 4.90 Å². The Morgan fingerprint density at radius 1 is 1.47 bits per heavy atom. The molecule has 1 aliphatic rings. The highest BCUT2D eigenvalue weighted by Crippen LogP contribution is 2.23. The van der Waals surface area contributed by atoms with Gasteiger partial charge in [-0.1, -0.05) is 6.92 Å². The lowest BCUT2D eigenvalue weighted by Crippen LogP contribution is -2.23. The van der Waals surface area contributed by atoms with Crippen LogP contribution in [0.1, 0.15) is 40.1 Å². The van der Waals surface area contributed by atoms with Crippen LogP contribution in [-0.4, -0.2) is 20.8 Å². The zero-order chi connectivity index (χ0) is 13.2. The van der Waals surface area contributed by atoms with Gasteiger partial charge in [0, 0.05) is 11.6 Å². The number of aromatic nitrogens is 2. The highest BCUT2D eigenvalue weighted by molar-refractivity contribution is 7.09. The molecule has 0 aromatic carbocycles. The molecule has 5 heteroatoms. The monoisotopic (exact) mass is 273 g/mol. The summed E-state index contributed by atoms with van der Waals surface area (Å²) in [6.45, 7) is 3.32. The summed E-state index contributed by atoms with van der Waals surface area (Å²) >= 11 is 1.68. The quantitative estimate of drug-likeness (QED) is 0.860. The minimum atomic E-state index is 0.0631. The second-order valence-electron chi connectivity index (χ2n) is 4.64.